The molecule has 1 aliphatic heterocycles. The molecule has 0 saturated carbocycles. The van der Waals surface area contributed by atoms with Gasteiger partial charge in [-0.2, -0.15) is 0 Å². The van der Waals surface area contributed by atoms with Crippen molar-refractivity contribution in [2.24, 2.45) is 0 Å². The molecule has 2 aromatic rings. The highest BCUT2D eigenvalue weighted by Gasteiger charge is 2.36. The molecular formula is C22H23FN2O4S. The van der Waals surface area contributed by atoms with E-state index in [1.165, 1.54) is 20.3 Å². The first-order chi connectivity index (χ1) is 14.3. The topological polar surface area (TPSA) is 60.0 Å². The molecular weight excluding hydrogens is 407 g/mol. The van der Waals surface area contributed by atoms with Crippen LogP contribution < -0.4 is 19.7 Å². The molecule has 2 aromatic carbocycles. The Kier molecular flexibility index (Phi) is 6.26. The maximum atomic E-state index is 14.2. The van der Waals surface area contributed by atoms with E-state index in [4.69, 9.17) is 26.4 Å². The van der Waals surface area contributed by atoms with Crippen LogP contribution in [-0.2, 0) is 9.53 Å². The summed E-state index contributed by atoms with van der Waals surface area (Å²) < 4.78 is 30.0. The summed E-state index contributed by atoms with van der Waals surface area (Å²) >= 11 is 5.58. The second kappa shape index (κ2) is 8.71. The van der Waals surface area contributed by atoms with Crippen LogP contribution in [-0.4, -0.2) is 32.4 Å². The summed E-state index contributed by atoms with van der Waals surface area (Å²) in [7, 11) is 4.41. The van der Waals surface area contributed by atoms with Crippen LogP contribution in [0.3, 0.4) is 0 Å². The van der Waals surface area contributed by atoms with Crippen molar-refractivity contribution in [2.75, 3.05) is 26.2 Å². The summed E-state index contributed by atoms with van der Waals surface area (Å²) in [5.41, 5.74) is 2.60. The molecule has 6 nitrogen and oxygen atoms in total. The number of esters is 1. The Morgan fingerprint density at radius 3 is 2.43 bits per heavy atom. The number of carbonyl (C=O) groups excluding carboxylic acids is 1. The van der Waals surface area contributed by atoms with Crippen LogP contribution in [0.4, 0.5) is 10.1 Å². The monoisotopic (exact) mass is 430 g/mol. The zero-order valence-electron chi connectivity index (χ0n) is 17.4. The van der Waals surface area contributed by atoms with Crippen molar-refractivity contribution in [3.05, 3.63) is 64.6 Å². The summed E-state index contributed by atoms with van der Waals surface area (Å²) in [6, 6.07) is 9.49. The van der Waals surface area contributed by atoms with Crippen molar-refractivity contribution in [3.8, 4) is 11.5 Å². The number of thiocarbonyl (C=S) groups is 1. The Morgan fingerprint density at radius 1 is 1.10 bits per heavy atom. The third kappa shape index (κ3) is 3.82. The molecule has 1 N–H and O–H groups in total. The third-order valence-corrected chi connectivity index (χ3v) is 5.36. The SMILES string of the molecule is COC(=O)C1=C(C)N(c2ccc(C)c(F)c2)C(=S)N[C@H]1c1ccc(OC)cc1OC. The molecule has 158 valence electrons. The van der Waals surface area contributed by atoms with E-state index < -0.39 is 12.0 Å². The minimum Gasteiger partial charge on any atom is -0.497 e. The molecule has 1 heterocycles. The number of rotatable bonds is 5. The van der Waals surface area contributed by atoms with Gasteiger partial charge in [0.2, 0.25) is 0 Å². The van der Waals surface area contributed by atoms with Gasteiger partial charge in [0, 0.05) is 17.3 Å². The maximum absolute atomic E-state index is 14.2. The summed E-state index contributed by atoms with van der Waals surface area (Å²) in [6.07, 6.45) is 0. The first-order valence-electron chi connectivity index (χ1n) is 9.20. The lowest BCUT2D eigenvalue weighted by Gasteiger charge is -2.37. The number of benzene rings is 2. The molecule has 30 heavy (non-hydrogen) atoms. The number of hydrogen-bond donors (Lipinski definition) is 1. The summed E-state index contributed by atoms with van der Waals surface area (Å²) in [5, 5.41) is 3.50. The van der Waals surface area contributed by atoms with Crippen molar-refractivity contribution in [3.63, 3.8) is 0 Å². The standard InChI is InChI=1S/C22H23FN2O4S/c1-12-6-7-14(10-17(12)23)25-13(2)19(21(26)29-5)20(24-22(25)30)16-9-8-15(27-3)11-18(16)28-4/h6-11,20H,1-5H3,(H,24,30)/t20-/m0/s1. The molecule has 1 atom stereocenters. The predicted molar refractivity (Wildman–Crippen MR) is 116 cm³/mol. The largest absolute Gasteiger partial charge is 0.497 e. The summed E-state index contributed by atoms with van der Waals surface area (Å²) in [6.45, 7) is 3.43. The van der Waals surface area contributed by atoms with Crippen molar-refractivity contribution in [1.82, 2.24) is 5.32 Å². The summed E-state index contributed by atoms with van der Waals surface area (Å²) in [5.74, 6) is 0.259. The fraction of sp³-hybridized carbons (Fsp3) is 0.273. The number of nitrogens with one attached hydrogen (secondary N) is 1. The average Bonchev–Trinajstić information content (AvgIpc) is 2.74. The highest BCUT2D eigenvalue weighted by atomic mass is 32.1. The van der Waals surface area contributed by atoms with Gasteiger partial charge in [-0.05, 0) is 55.9 Å². The average molecular weight is 431 g/mol. The van der Waals surface area contributed by atoms with Gasteiger partial charge in [0.1, 0.15) is 17.3 Å². The number of halogens is 1. The smallest absolute Gasteiger partial charge is 0.337 e. The second-order valence-electron chi connectivity index (χ2n) is 6.75. The van der Waals surface area contributed by atoms with Gasteiger partial charge in [-0.15, -0.1) is 0 Å². The van der Waals surface area contributed by atoms with Gasteiger partial charge in [0.15, 0.2) is 5.11 Å². The molecule has 0 aliphatic carbocycles. The zero-order chi connectivity index (χ0) is 22.0. The minimum absolute atomic E-state index is 0.325. The lowest BCUT2D eigenvalue weighted by Crippen LogP contribution is -2.48. The van der Waals surface area contributed by atoms with Crippen molar-refractivity contribution in [1.29, 1.82) is 0 Å². The van der Waals surface area contributed by atoms with Crippen LogP contribution in [0, 0.1) is 12.7 Å². The van der Waals surface area contributed by atoms with Gasteiger partial charge < -0.3 is 19.5 Å². The minimum atomic E-state index is -0.614. The molecule has 0 bridgehead atoms. The Hall–Kier alpha value is -3.13. The van der Waals surface area contributed by atoms with E-state index in [-0.39, 0.29) is 5.82 Å². The molecule has 0 unspecified atom stereocenters. The second-order valence-corrected chi connectivity index (χ2v) is 7.14. The lowest BCUT2D eigenvalue weighted by atomic mass is 9.94. The summed E-state index contributed by atoms with van der Waals surface area (Å²) in [4.78, 5) is 14.4. The number of carbonyl (C=O) groups is 1. The molecule has 0 radical (unpaired) electrons. The normalized spacial score (nSPS) is 16.3. The molecule has 8 heteroatoms. The molecule has 0 fully saturated rings. The van der Waals surface area contributed by atoms with Crippen molar-refractivity contribution >= 4 is 29.0 Å². The first kappa shape index (κ1) is 21.6. The van der Waals surface area contributed by atoms with Crippen LogP contribution in [0.1, 0.15) is 24.1 Å². The van der Waals surface area contributed by atoms with E-state index in [1.54, 1.807) is 56.2 Å². The number of anilines is 1. The van der Waals surface area contributed by atoms with Gasteiger partial charge in [-0.1, -0.05) is 6.07 Å². The Bertz CT molecular complexity index is 1040. The zero-order valence-corrected chi connectivity index (χ0v) is 18.2. The van der Waals surface area contributed by atoms with Crippen LogP contribution >= 0.6 is 12.2 Å². The number of methoxy groups -OCH3 is 3. The van der Waals surface area contributed by atoms with Gasteiger partial charge in [0.05, 0.1) is 38.6 Å². The van der Waals surface area contributed by atoms with Crippen molar-refractivity contribution in [2.45, 2.75) is 19.9 Å². The third-order valence-electron chi connectivity index (χ3n) is 5.06. The highest BCUT2D eigenvalue weighted by Crippen LogP contribution is 2.39. The number of nitrogens with zero attached hydrogens (tertiary/aromatic N) is 1. The van der Waals surface area contributed by atoms with Gasteiger partial charge >= 0.3 is 5.97 Å². The number of aryl methyl sites for hydroxylation is 1. The Balaban J connectivity index is 2.17. The van der Waals surface area contributed by atoms with Crippen LogP contribution in [0.2, 0.25) is 0 Å². The fourth-order valence-corrected chi connectivity index (χ4v) is 3.80. The van der Waals surface area contributed by atoms with Crippen LogP contribution in [0.25, 0.3) is 0 Å². The van der Waals surface area contributed by atoms with Gasteiger partial charge in [-0.25, -0.2) is 9.18 Å². The molecule has 0 spiro atoms. The van der Waals surface area contributed by atoms with E-state index in [9.17, 15) is 9.18 Å². The van der Waals surface area contributed by atoms with Crippen LogP contribution in [0.15, 0.2) is 47.7 Å². The Morgan fingerprint density at radius 2 is 1.83 bits per heavy atom. The number of hydrogen-bond acceptors (Lipinski definition) is 5. The lowest BCUT2D eigenvalue weighted by molar-refractivity contribution is -0.136. The first-order valence-corrected chi connectivity index (χ1v) is 9.61. The quantitative estimate of drug-likeness (QED) is 0.568. The fourth-order valence-electron chi connectivity index (χ4n) is 3.44. The van der Waals surface area contributed by atoms with Crippen LogP contribution in [0.5, 0.6) is 11.5 Å². The molecule has 0 saturated heterocycles. The van der Waals surface area contributed by atoms with E-state index in [2.05, 4.69) is 5.32 Å². The predicted octanol–water partition coefficient (Wildman–Crippen LogP) is 4.03. The van der Waals surface area contributed by atoms with Gasteiger partial charge in [0.25, 0.3) is 0 Å². The maximum Gasteiger partial charge on any atom is 0.337 e. The number of allylic oxidation sites excluding steroid dienone is 1. The molecule has 1 aliphatic rings. The van der Waals surface area contributed by atoms with Crippen molar-refractivity contribution < 1.29 is 23.4 Å². The van der Waals surface area contributed by atoms with E-state index in [0.717, 1.165) is 0 Å². The highest BCUT2D eigenvalue weighted by molar-refractivity contribution is 7.80. The van der Waals surface area contributed by atoms with E-state index >= 15 is 0 Å². The van der Waals surface area contributed by atoms with E-state index in [0.29, 0.717) is 44.7 Å². The van der Waals surface area contributed by atoms with Gasteiger partial charge in [-0.3, -0.25) is 4.90 Å². The molecule has 0 aromatic heterocycles. The molecule has 3 rings (SSSR count). The molecule has 0 amide bonds. The van der Waals surface area contributed by atoms with E-state index in [1.807, 2.05) is 0 Å². The Labute approximate surface area is 180 Å². The number of ether oxygens (including phenoxy) is 3.